The highest BCUT2D eigenvalue weighted by molar-refractivity contribution is 6.39. The SMILES string of the molecule is COc1ccc(-c2cc(NC(=O)C(=O)NC(C)c3nnc4ncccn34)ccc2OC)cc1. The van der Waals surface area contributed by atoms with E-state index in [-0.39, 0.29) is 0 Å². The van der Waals surface area contributed by atoms with Gasteiger partial charge in [0.1, 0.15) is 11.5 Å². The number of rotatable bonds is 6. The minimum Gasteiger partial charge on any atom is -0.497 e. The first kappa shape index (κ1) is 21.8. The van der Waals surface area contributed by atoms with Crippen LogP contribution >= 0.6 is 0 Å². The molecule has 4 aromatic rings. The highest BCUT2D eigenvalue weighted by atomic mass is 16.5. The average molecular weight is 446 g/mol. The van der Waals surface area contributed by atoms with Gasteiger partial charge in [-0.3, -0.25) is 14.0 Å². The molecule has 168 valence electrons. The van der Waals surface area contributed by atoms with Gasteiger partial charge in [0, 0.05) is 23.6 Å². The summed E-state index contributed by atoms with van der Waals surface area (Å²) in [6.07, 6.45) is 3.33. The van der Waals surface area contributed by atoms with Gasteiger partial charge in [-0.05, 0) is 48.9 Å². The molecule has 2 heterocycles. The Labute approximate surface area is 189 Å². The molecular weight excluding hydrogens is 424 g/mol. The maximum absolute atomic E-state index is 12.5. The second kappa shape index (κ2) is 9.35. The van der Waals surface area contributed by atoms with E-state index < -0.39 is 17.9 Å². The normalized spacial score (nSPS) is 11.6. The molecule has 1 atom stereocenters. The lowest BCUT2D eigenvalue weighted by molar-refractivity contribution is -0.136. The number of aromatic nitrogens is 4. The molecule has 2 amide bonds. The number of nitrogens with zero attached hydrogens (tertiary/aromatic N) is 4. The van der Waals surface area contributed by atoms with Gasteiger partial charge in [-0.2, -0.15) is 0 Å². The Bertz CT molecular complexity index is 1300. The number of fused-ring (bicyclic) bond motifs is 1. The largest absolute Gasteiger partial charge is 0.497 e. The number of nitrogens with one attached hydrogen (secondary N) is 2. The lowest BCUT2D eigenvalue weighted by Crippen LogP contribution is -2.37. The summed E-state index contributed by atoms with van der Waals surface area (Å²) in [4.78, 5) is 29.1. The molecule has 0 aliphatic heterocycles. The number of carbonyl (C=O) groups excluding carboxylic acids is 2. The molecule has 4 rings (SSSR count). The summed E-state index contributed by atoms with van der Waals surface area (Å²) in [5, 5.41) is 13.3. The van der Waals surface area contributed by atoms with Gasteiger partial charge in [-0.25, -0.2) is 4.98 Å². The second-order valence-electron chi connectivity index (χ2n) is 7.14. The van der Waals surface area contributed by atoms with Crippen molar-refractivity contribution in [2.24, 2.45) is 0 Å². The minimum absolute atomic E-state index is 0.405. The van der Waals surface area contributed by atoms with Gasteiger partial charge in [0.2, 0.25) is 0 Å². The Morgan fingerprint density at radius 1 is 1.00 bits per heavy atom. The lowest BCUT2D eigenvalue weighted by Gasteiger charge is -2.14. The van der Waals surface area contributed by atoms with Crippen molar-refractivity contribution in [3.8, 4) is 22.6 Å². The molecule has 0 saturated carbocycles. The van der Waals surface area contributed by atoms with Crippen molar-refractivity contribution in [1.82, 2.24) is 24.9 Å². The molecule has 10 heteroatoms. The van der Waals surface area contributed by atoms with Gasteiger partial charge < -0.3 is 20.1 Å². The summed E-state index contributed by atoms with van der Waals surface area (Å²) in [5.74, 6) is 0.616. The Morgan fingerprint density at radius 2 is 1.79 bits per heavy atom. The second-order valence-corrected chi connectivity index (χ2v) is 7.14. The lowest BCUT2D eigenvalue weighted by atomic mass is 10.0. The van der Waals surface area contributed by atoms with Crippen LogP contribution in [0.2, 0.25) is 0 Å². The molecule has 0 saturated heterocycles. The molecular formula is C23H22N6O4. The van der Waals surface area contributed by atoms with Gasteiger partial charge in [0.05, 0.1) is 20.3 Å². The molecule has 0 spiro atoms. The number of hydrogen-bond donors (Lipinski definition) is 2. The van der Waals surface area contributed by atoms with E-state index in [1.807, 2.05) is 24.3 Å². The van der Waals surface area contributed by atoms with Crippen LogP contribution in [0.5, 0.6) is 11.5 Å². The van der Waals surface area contributed by atoms with Crippen molar-refractivity contribution in [2.45, 2.75) is 13.0 Å². The van der Waals surface area contributed by atoms with Crippen LogP contribution in [0.25, 0.3) is 16.9 Å². The number of hydrogen-bond acceptors (Lipinski definition) is 7. The molecule has 0 aliphatic carbocycles. The molecule has 1 unspecified atom stereocenters. The Morgan fingerprint density at radius 3 is 2.52 bits per heavy atom. The predicted octanol–water partition coefficient (Wildman–Crippen LogP) is 2.62. The summed E-state index contributed by atoms with van der Waals surface area (Å²) in [6, 6.07) is 13.7. The zero-order valence-corrected chi connectivity index (χ0v) is 18.3. The first-order chi connectivity index (χ1) is 16.0. The van der Waals surface area contributed by atoms with Crippen molar-refractivity contribution < 1.29 is 19.1 Å². The van der Waals surface area contributed by atoms with Gasteiger partial charge >= 0.3 is 11.8 Å². The third kappa shape index (κ3) is 4.59. The molecule has 33 heavy (non-hydrogen) atoms. The van der Waals surface area contributed by atoms with Crippen LogP contribution < -0.4 is 20.1 Å². The Balaban J connectivity index is 1.48. The maximum Gasteiger partial charge on any atom is 0.313 e. The summed E-state index contributed by atoms with van der Waals surface area (Å²) in [5.41, 5.74) is 2.08. The number of amides is 2. The topological polar surface area (TPSA) is 120 Å². The van der Waals surface area contributed by atoms with Gasteiger partial charge in [0.25, 0.3) is 5.78 Å². The van der Waals surface area contributed by atoms with E-state index >= 15 is 0 Å². The van der Waals surface area contributed by atoms with Crippen LogP contribution in [-0.2, 0) is 9.59 Å². The number of benzene rings is 2. The van der Waals surface area contributed by atoms with E-state index in [0.717, 1.165) is 16.9 Å². The van der Waals surface area contributed by atoms with Crippen LogP contribution in [-0.4, -0.2) is 45.6 Å². The quantitative estimate of drug-likeness (QED) is 0.437. The van der Waals surface area contributed by atoms with E-state index in [0.29, 0.717) is 23.0 Å². The number of ether oxygens (including phenoxy) is 2. The third-order valence-corrected chi connectivity index (χ3v) is 5.01. The zero-order valence-electron chi connectivity index (χ0n) is 18.3. The molecule has 2 aromatic carbocycles. The standard InChI is InChI=1S/C23H22N6O4/c1-14(20-27-28-23-24-11-4-12-29(20)23)25-21(30)22(31)26-16-7-10-19(33-3)18(13-16)15-5-8-17(32-2)9-6-15/h4-14H,1-3H3,(H,25,30)(H,26,31). The molecule has 2 aromatic heterocycles. The molecule has 0 aliphatic rings. The van der Waals surface area contributed by atoms with E-state index in [4.69, 9.17) is 9.47 Å². The zero-order chi connectivity index (χ0) is 23.4. The van der Waals surface area contributed by atoms with Crippen molar-refractivity contribution >= 4 is 23.3 Å². The fraction of sp³-hybridized carbons (Fsp3) is 0.174. The molecule has 0 radical (unpaired) electrons. The highest BCUT2D eigenvalue weighted by Crippen LogP contribution is 2.33. The van der Waals surface area contributed by atoms with Gasteiger partial charge in [0.15, 0.2) is 5.82 Å². The van der Waals surface area contributed by atoms with Crippen molar-refractivity contribution in [1.29, 1.82) is 0 Å². The van der Waals surface area contributed by atoms with Crippen LogP contribution in [0.4, 0.5) is 5.69 Å². The number of anilines is 1. The van der Waals surface area contributed by atoms with Crippen LogP contribution in [0.3, 0.4) is 0 Å². The molecule has 2 N–H and O–H groups in total. The van der Waals surface area contributed by atoms with Crippen LogP contribution in [0.15, 0.2) is 60.9 Å². The fourth-order valence-corrected chi connectivity index (χ4v) is 3.35. The summed E-state index contributed by atoms with van der Waals surface area (Å²) < 4.78 is 12.3. The monoisotopic (exact) mass is 446 g/mol. The minimum atomic E-state index is -0.806. The number of carbonyl (C=O) groups is 2. The van der Waals surface area contributed by atoms with E-state index in [1.165, 1.54) is 0 Å². The van der Waals surface area contributed by atoms with Gasteiger partial charge in [-0.15, -0.1) is 10.2 Å². The molecule has 10 nitrogen and oxygen atoms in total. The van der Waals surface area contributed by atoms with Crippen molar-refractivity contribution in [3.05, 3.63) is 66.7 Å². The predicted molar refractivity (Wildman–Crippen MR) is 121 cm³/mol. The average Bonchev–Trinajstić information content (AvgIpc) is 3.28. The first-order valence-electron chi connectivity index (χ1n) is 10.1. The maximum atomic E-state index is 12.5. The number of methoxy groups -OCH3 is 2. The van der Waals surface area contributed by atoms with Crippen molar-refractivity contribution in [3.63, 3.8) is 0 Å². The Kier molecular flexibility index (Phi) is 6.16. The molecule has 0 bridgehead atoms. The van der Waals surface area contributed by atoms with E-state index in [9.17, 15) is 9.59 Å². The van der Waals surface area contributed by atoms with Crippen LogP contribution in [0.1, 0.15) is 18.8 Å². The Hall–Kier alpha value is -4.47. The highest BCUT2D eigenvalue weighted by Gasteiger charge is 2.21. The third-order valence-electron chi connectivity index (χ3n) is 5.01. The van der Waals surface area contributed by atoms with E-state index in [2.05, 4.69) is 25.8 Å². The van der Waals surface area contributed by atoms with Crippen LogP contribution in [0, 0.1) is 0 Å². The molecule has 0 fully saturated rings. The van der Waals surface area contributed by atoms with Crippen molar-refractivity contribution in [2.75, 3.05) is 19.5 Å². The fourth-order valence-electron chi connectivity index (χ4n) is 3.35. The summed E-state index contributed by atoms with van der Waals surface area (Å²) >= 11 is 0. The van der Waals surface area contributed by atoms with E-state index in [1.54, 1.807) is 62.2 Å². The first-order valence-corrected chi connectivity index (χ1v) is 10.1. The summed E-state index contributed by atoms with van der Waals surface area (Å²) in [6.45, 7) is 1.71. The summed E-state index contributed by atoms with van der Waals surface area (Å²) in [7, 11) is 3.17. The van der Waals surface area contributed by atoms with Gasteiger partial charge in [-0.1, -0.05) is 12.1 Å². The smallest absolute Gasteiger partial charge is 0.313 e.